The maximum Gasteiger partial charge on any atom is 0.410 e. The zero-order chi connectivity index (χ0) is 17.7. The van der Waals surface area contributed by atoms with Gasteiger partial charge in [0.2, 0.25) is 5.91 Å². The zero-order valence-electron chi connectivity index (χ0n) is 15.6. The van der Waals surface area contributed by atoms with Crippen molar-refractivity contribution in [3.05, 3.63) is 0 Å². The number of hydrogen-bond acceptors (Lipinski definition) is 4. The molecule has 2 aliphatic rings. The van der Waals surface area contributed by atoms with Gasteiger partial charge in [0, 0.05) is 25.7 Å². The molecule has 0 saturated carbocycles. The Balaban J connectivity index is 1.92. The van der Waals surface area contributed by atoms with Gasteiger partial charge in [-0.3, -0.25) is 9.69 Å². The molecule has 0 spiro atoms. The first-order chi connectivity index (χ1) is 11.3. The Bertz CT molecular complexity index is 439. The molecule has 6 nitrogen and oxygen atoms in total. The van der Waals surface area contributed by atoms with Crippen molar-refractivity contribution in [2.45, 2.75) is 77.5 Å². The standard InChI is InChI=1S/C18H33N3O3/c1-5-20-12-9-14(10-13-20)19-16(22)15-8-6-7-11-21(15)17(23)24-18(2,3)4/h14-15H,5-13H2,1-4H3,(H,19,22)/t15-/m1/s1. The van der Waals surface area contributed by atoms with Crippen LogP contribution in [-0.4, -0.2) is 65.7 Å². The molecule has 0 unspecified atom stereocenters. The van der Waals surface area contributed by atoms with Gasteiger partial charge in [0.05, 0.1) is 0 Å². The third-order valence-electron chi connectivity index (χ3n) is 4.81. The molecule has 0 aromatic heterocycles. The van der Waals surface area contributed by atoms with E-state index in [9.17, 15) is 9.59 Å². The van der Waals surface area contributed by atoms with Gasteiger partial charge in [-0.15, -0.1) is 0 Å². The molecule has 0 radical (unpaired) electrons. The summed E-state index contributed by atoms with van der Waals surface area (Å²) >= 11 is 0. The molecule has 2 aliphatic heterocycles. The fourth-order valence-electron chi connectivity index (χ4n) is 3.43. The third kappa shape index (κ3) is 5.36. The molecule has 1 atom stereocenters. The molecule has 2 fully saturated rings. The molecule has 0 aromatic carbocycles. The van der Waals surface area contributed by atoms with Gasteiger partial charge in [-0.05, 0) is 59.4 Å². The minimum atomic E-state index is -0.539. The molecule has 2 saturated heterocycles. The predicted octanol–water partition coefficient (Wildman–Crippen LogP) is 2.38. The summed E-state index contributed by atoms with van der Waals surface area (Å²) in [5, 5.41) is 3.17. The topological polar surface area (TPSA) is 61.9 Å². The maximum atomic E-state index is 12.7. The van der Waals surface area contributed by atoms with Crippen LogP contribution in [-0.2, 0) is 9.53 Å². The molecule has 138 valence electrons. The Hall–Kier alpha value is -1.30. The summed E-state index contributed by atoms with van der Waals surface area (Å²) in [6, 6.07) is -0.166. The molecule has 0 aliphatic carbocycles. The van der Waals surface area contributed by atoms with Crippen LogP contribution in [0.1, 0.15) is 59.8 Å². The molecular weight excluding hydrogens is 306 g/mol. The highest BCUT2D eigenvalue weighted by Crippen LogP contribution is 2.21. The quantitative estimate of drug-likeness (QED) is 0.857. The number of hydrogen-bond donors (Lipinski definition) is 1. The average Bonchev–Trinajstić information content (AvgIpc) is 2.54. The highest BCUT2D eigenvalue weighted by molar-refractivity contribution is 5.86. The summed E-state index contributed by atoms with van der Waals surface area (Å²) < 4.78 is 5.48. The van der Waals surface area contributed by atoms with Crippen LogP contribution >= 0.6 is 0 Å². The van der Waals surface area contributed by atoms with E-state index in [1.54, 1.807) is 4.90 Å². The number of ether oxygens (including phenoxy) is 1. The van der Waals surface area contributed by atoms with Gasteiger partial charge < -0.3 is 15.0 Å². The SMILES string of the molecule is CCN1CCC(NC(=O)[C@H]2CCCCN2C(=O)OC(C)(C)C)CC1. The van der Waals surface area contributed by atoms with Crippen molar-refractivity contribution in [2.75, 3.05) is 26.2 Å². The molecule has 24 heavy (non-hydrogen) atoms. The molecular formula is C18H33N3O3. The number of rotatable bonds is 3. The fourth-order valence-corrected chi connectivity index (χ4v) is 3.43. The van der Waals surface area contributed by atoms with Gasteiger partial charge in [-0.1, -0.05) is 6.92 Å². The number of carbonyl (C=O) groups is 2. The average molecular weight is 339 g/mol. The lowest BCUT2D eigenvalue weighted by Crippen LogP contribution is -2.55. The number of piperidine rings is 2. The Kier molecular flexibility index (Phi) is 6.49. The van der Waals surface area contributed by atoms with Crippen molar-refractivity contribution in [2.24, 2.45) is 0 Å². The first kappa shape index (κ1) is 19.0. The van der Waals surface area contributed by atoms with Crippen LogP contribution in [0.2, 0.25) is 0 Å². The van der Waals surface area contributed by atoms with Crippen LogP contribution in [0.5, 0.6) is 0 Å². The van der Waals surface area contributed by atoms with Crippen molar-refractivity contribution < 1.29 is 14.3 Å². The smallest absolute Gasteiger partial charge is 0.410 e. The lowest BCUT2D eigenvalue weighted by molar-refractivity contribution is -0.128. The van der Waals surface area contributed by atoms with E-state index in [1.807, 2.05) is 20.8 Å². The minimum Gasteiger partial charge on any atom is -0.444 e. The van der Waals surface area contributed by atoms with Gasteiger partial charge in [0.15, 0.2) is 0 Å². The Labute approximate surface area is 145 Å². The molecule has 1 N–H and O–H groups in total. The van der Waals surface area contributed by atoms with Crippen molar-refractivity contribution >= 4 is 12.0 Å². The van der Waals surface area contributed by atoms with Crippen LogP contribution in [0, 0.1) is 0 Å². The Morgan fingerprint density at radius 1 is 1.08 bits per heavy atom. The number of carbonyl (C=O) groups excluding carboxylic acids is 2. The van der Waals surface area contributed by atoms with Crippen LogP contribution in [0.3, 0.4) is 0 Å². The van der Waals surface area contributed by atoms with E-state index in [4.69, 9.17) is 4.74 Å². The summed E-state index contributed by atoms with van der Waals surface area (Å²) in [4.78, 5) is 29.2. The lowest BCUT2D eigenvalue weighted by Gasteiger charge is -2.37. The van der Waals surface area contributed by atoms with E-state index in [0.29, 0.717) is 6.54 Å². The second-order valence-electron chi connectivity index (χ2n) is 7.90. The van der Waals surface area contributed by atoms with E-state index >= 15 is 0 Å². The molecule has 2 rings (SSSR count). The molecule has 0 aromatic rings. The fraction of sp³-hybridized carbons (Fsp3) is 0.889. The predicted molar refractivity (Wildman–Crippen MR) is 93.9 cm³/mol. The second-order valence-corrected chi connectivity index (χ2v) is 7.90. The molecule has 2 amide bonds. The summed E-state index contributed by atoms with van der Waals surface area (Å²) in [5.74, 6) is -0.0180. The van der Waals surface area contributed by atoms with E-state index in [0.717, 1.165) is 51.7 Å². The molecule has 6 heteroatoms. The Morgan fingerprint density at radius 2 is 1.75 bits per heavy atom. The minimum absolute atomic E-state index is 0.0180. The van der Waals surface area contributed by atoms with Crippen LogP contribution in [0.15, 0.2) is 0 Å². The van der Waals surface area contributed by atoms with Gasteiger partial charge >= 0.3 is 6.09 Å². The monoisotopic (exact) mass is 339 g/mol. The number of nitrogens with one attached hydrogen (secondary N) is 1. The van der Waals surface area contributed by atoms with Crippen LogP contribution in [0.4, 0.5) is 4.79 Å². The Morgan fingerprint density at radius 3 is 2.33 bits per heavy atom. The van der Waals surface area contributed by atoms with Gasteiger partial charge in [0.1, 0.15) is 11.6 Å². The van der Waals surface area contributed by atoms with Crippen molar-refractivity contribution in [1.29, 1.82) is 0 Å². The number of likely N-dealkylation sites (tertiary alicyclic amines) is 2. The summed E-state index contributed by atoms with van der Waals surface area (Å²) in [6.07, 6.45) is 4.23. The summed E-state index contributed by atoms with van der Waals surface area (Å²) in [7, 11) is 0. The highest BCUT2D eigenvalue weighted by Gasteiger charge is 2.35. The number of amides is 2. The third-order valence-corrected chi connectivity index (χ3v) is 4.81. The van der Waals surface area contributed by atoms with Crippen molar-refractivity contribution in [1.82, 2.24) is 15.1 Å². The summed E-state index contributed by atoms with van der Waals surface area (Å²) in [6.45, 7) is 11.4. The van der Waals surface area contributed by atoms with Crippen LogP contribution < -0.4 is 5.32 Å². The van der Waals surface area contributed by atoms with Crippen molar-refractivity contribution in [3.63, 3.8) is 0 Å². The molecule has 0 bridgehead atoms. The van der Waals surface area contributed by atoms with Crippen LogP contribution in [0.25, 0.3) is 0 Å². The molecule has 2 heterocycles. The normalized spacial score (nSPS) is 23.8. The van der Waals surface area contributed by atoms with Crippen molar-refractivity contribution in [3.8, 4) is 0 Å². The van der Waals surface area contributed by atoms with Gasteiger partial charge in [-0.2, -0.15) is 0 Å². The van der Waals surface area contributed by atoms with Gasteiger partial charge in [-0.25, -0.2) is 4.79 Å². The number of nitrogens with zero attached hydrogens (tertiary/aromatic N) is 2. The lowest BCUT2D eigenvalue weighted by atomic mass is 10.00. The summed E-state index contributed by atoms with van der Waals surface area (Å²) in [5.41, 5.74) is -0.539. The maximum absolute atomic E-state index is 12.7. The highest BCUT2D eigenvalue weighted by atomic mass is 16.6. The van der Waals surface area contributed by atoms with Gasteiger partial charge in [0.25, 0.3) is 0 Å². The van der Waals surface area contributed by atoms with E-state index in [2.05, 4.69) is 17.1 Å². The first-order valence-corrected chi connectivity index (χ1v) is 9.32. The second kappa shape index (κ2) is 8.19. The van der Waals surface area contributed by atoms with E-state index in [-0.39, 0.29) is 18.0 Å². The van der Waals surface area contributed by atoms with E-state index in [1.165, 1.54) is 0 Å². The van der Waals surface area contributed by atoms with E-state index < -0.39 is 11.6 Å². The first-order valence-electron chi connectivity index (χ1n) is 9.32. The largest absolute Gasteiger partial charge is 0.444 e. The zero-order valence-corrected chi connectivity index (χ0v) is 15.6.